The van der Waals surface area contributed by atoms with Crippen LogP contribution >= 0.6 is 0 Å². The molecule has 0 spiro atoms. The van der Waals surface area contributed by atoms with E-state index in [1.54, 1.807) is 6.07 Å². The van der Waals surface area contributed by atoms with Crippen LogP contribution in [-0.2, 0) is 11.3 Å². The van der Waals surface area contributed by atoms with E-state index in [-0.39, 0.29) is 11.5 Å². The van der Waals surface area contributed by atoms with Crippen molar-refractivity contribution in [1.29, 1.82) is 0 Å². The molecule has 4 heteroatoms. The van der Waals surface area contributed by atoms with Gasteiger partial charge in [0.15, 0.2) is 5.43 Å². The third-order valence-corrected chi connectivity index (χ3v) is 3.50. The Morgan fingerprint density at radius 3 is 2.81 bits per heavy atom. The fraction of sp³-hybridized carbons (Fsp3) is 0.471. The van der Waals surface area contributed by atoms with Crippen LogP contribution in [0.4, 0.5) is 0 Å². The Morgan fingerprint density at radius 2 is 2.10 bits per heavy atom. The van der Waals surface area contributed by atoms with Gasteiger partial charge in [0.05, 0.1) is 6.10 Å². The summed E-state index contributed by atoms with van der Waals surface area (Å²) in [5.74, 6) is 0. The van der Waals surface area contributed by atoms with Crippen molar-refractivity contribution < 1.29 is 4.74 Å². The van der Waals surface area contributed by atoms with Crippen molar-refractivity contribution in [3.8, 4) is 0 Å². The summed E-state index contributed by atoms with van der Waals surface area (Å²) in [6, 6.07) is 7.61. The van der Waals surface area contributed by atoms with E-state index < -0.39 is 0 Å². The minimum atomic E-state index is 0.0775. The van der Waals surface area contributed by atoms with E-state index in [1.165, 1.54) is 0 Å². The molecule has 0 fully saturated rings. The van der Waals surface area contributed by atoms with Crippen LogP contribution in [0.5, 0.6) is 0 Å². The Labute approximate surface area is 125 Å². The normalized spacial score (nSPS) is 13.0. The smallest absolute Gasteiger partial charge is 0.189 e. The van der Waals surface area contributed by atoms with Gasteiger partial charge in [-0.15, -0.1) is 0 Å². The lowest BCUT2D eigenvalue weighted by Gasteiger charge is -2.21. The molecule has 21 heavy (non-hydrogen) atoms. The number of nitrogens with one attached hydrogen (secondary N) is 1. The molecule has 1 aromatic heterocycles. The Bertz CT molecular complexity index is 663. The summed E-state index contributed by atoms with van der Waals surface area (Å²) in [5.41, 5.74) is 3.01. The molecule has 1 unspecified atom stereocenters. The predicted molar refractivity (Wildman–Crippen MR) is 86.7 cm³/mol. The van der Waals surface area contributed by atoms with Gasteiger partial charge < -0.3 is 9.72 Å². The molecule has 0 aliphatic rings. The van der Waals surface area contributed by atoms with E-state index >= 15 is 0 Å². The van der Waals surface area contributed by atoms with Crippen LogP contribution in [0.1, 0.15) is 25.1 Å². The monoisotopic (exact) mass is 288 g/mol. The van der Waals surface area contributed by atoms with Gasteiger partial charge in [-0.25, -0.2) is 0 Å². The number of benzene rings is 1. The highest BCUT2D eigenvalue weighted by Crippen LogP contribution is 2.11. The summed E-state index contributed by atoms with van der Waals surface area (Å²) in [4.78, 5) is 17.7. The standard InChI is InChI=1S/C17H24N2O2/c1-5-21-13(3)10-19(4)11-14-9-17(20)15-8-12(2)6-7-16(15)18-14/h6-9,13H,5,10-11H2,1-4H3,(H,18,20). The first-order chi connectivity index (χ1) is 9.99. The second-order valence-corrected chi connectivity index (χ2v) is 5.67. The van der Waals surface area contributed by atoms with E-state index in [9.17, 15) is 4.79 Å². The van der Waals surface area contributed by atoms with Gasteiger partial charge in [-0.05, 0) is 40.0 Å². The number of fused-ring (bicyclic) bond motifs is 1. The number of H-pyrrole nitrogens is 1. The SMILES string of the molecule is CCOC(C)CN(C)Cc1cc(=O)c2cc(C)ccc2[nH]1. The Kier molecular flexibility index (Phi) is 5.15. The highest BCUT2D eigenvalue weighted by atomic mass is 16.5. The van der Waals surface area contributed by atoms with E-state index in [0.29, 0.717) is 6.54 Å². The molecule has 0 aliphatic carbocycles. The minimum absolute atomic E-state index is 0.0775. The van der Waals surface area contributed by atoms with Gasteiger partial charge in [0.1, 0.15) is 0 Å². The lowest BCUT2D eigenvalue weighted by Crippen LogP contribution is -2.29. The van der Waals surface area contributed by atoms with Gasteiger partial charge in [-0.3, -0.25) is 9.69 Å². The number of aromatic nitrogens is 1. The first-order valence-electron chi connectivity index (χ1n) is 7.42. The van der Waals surface area contributed by atoms with E-state index in [4.69, 9.17) is 4.74 Å². The first kappa shape index (κ1) is 15.7. The summed E-state index contributed by atoms with van der Waals surface area (Å²) < 4.78 is 5.54. The summed E-state index contributed by atoms with van der Waals surface area (Å²) >= 11 is 0. The van der Waals surface area contributed by atoms with Crippen molar-refractivity contribution in [2.24, 2.45) is 0 Å². The average molecular weight is 288 g/mol. The van der Waals surface area contributed by atoms with Crippen LogP contribution in [-0.4, -0.2) is 36.2 Å². The highest BCUT2D eigenvalue weighted by molar-refractivity contribution is 5.79. The molecule has 1 atom stereocenters. The van der Waals surface area contributed by atoms with E-state index in [2.05, 4.69) is 16.8 Å². The number of hydrogen-bond acceptors (Lipinski definition) is 3. The molecular formula is C17H24N2O2. The van der Waals surface area contributed by atoms with Crippen molar-refractivity contribution in [3.63, 3.8) is 0 Å². The molecule has 2 aromatic rings. The molecule has 0 bridgehead atoms. The van der Waals surface area contributed by atoms with Gasteiger partial charge in [-0.2, -0.15) is 0 Å². The number of nitrogens with zero attached hydrogens (tertiary/aromatic N) is 1. The van der Waals surface area contributed by atoms with Crippen LogP contribution in [0.2, 0.25) is 0 Å². The van der Waals surface area contributed by atoms with E-state index in [1.807, 2.05) is 39.1 Å². The summed E-state index contributed by atoms with van der Waals surface area (Å²) in [6.07, 6.45) is 0.190. The maximum absolute atomic E-state index is 12.2. The van der Waals surface area contributed by atoms with Crippen molar-refractivity contribution in [2.45, 2.75) is 33.4 Å². The molecule has 1 heterocycles. The van der Waals surface area contributed by atoms with Gasteiger partial charge >= 0.3 is 0 Å². The number of aryl methyl sites for hydroxylation is 1. The van der Waals surface area contributed by atoms with Crippen LogP contribution in [0.25, 0.3) is 10.9 Å². The number of hydrogen-bond donors (Lipinski definition) is 1. The third kappa shape index (κ3) is 4.16. The highest BCUT2D eigenvalue weighted by Gasteiger charge is 2.08. The summed E-state index contributed by atoms with van der Waals surface area (Å²) in [5, 5.41) is 0.754. The number of aromatic amines is 1. The molecule has 1 aromatic carbocycles. The Balaban J connectivity index is 2.16. The third-order valence-electron chi connectivity index (χ3n) is 3.50. The molecule has 1 N–H and O–H groups in total. The van der Waals surface area contributed by atoms with Crippen molar-refractivity contribution in [2.75, 3.05) is 20.2 Å². The number of rotatable bonds is 6. The quantitative estimate of drug-likeness (QED) is 0.889. The number of pyridine rings is 1. The number of likely N-dealkylation sites (N-methyl/N-ethyl adjacent to an activating group) is 1. The minimum Gasteiger partial charge on any atom is -0.377 e. The van der Waals surface area contributed by atoms with Crippen molar-refractivity contribution in [1.82, 2.24) is 9.88 Å². The average Bonchev–Trinajstić information content (AvgIpc) is 2.39. The molecule has 0 saturated carbocycles. The zero-order valence-electron chi connectivity index (χ0n) is 13.3. The molecule has 114 valence electrons. The van der Waals surface area contributed by atoms with Crippen molar-refractivity contribution in [3.05, 3.63) is 45.7 Å². The van der Waals surface area contributed by atoms with Crippen LogP contribution in [0, 0.1) is 6.92 Å². The second-order valence-electron chi connectivity index (χ2n) is 5.67. The van der Waals surface area contributed by atoms with E-state index in [0.717, 1.165) is 35.3 Å². The molecule has 2 rings (SSSR count). The molecular weight excluding hydrogens is 264 g/mol. The Hall–Kier alpha value is -1.65. The molecule has 0 radical (unpaired) electrons. The topological polar surface area (TPSA) is 45.3 Å². The lowest BCUT2D eigenvalue weighted by atomic mass is 10.1. The van der Waals surface area contributed by atoms with Gasteiger partial charge in [0.2, 0.25) is 0 Å². The maximum Gasteiger partial charge on any atom is 0.189 e. The molecule has 0 amide bonds. The van der Waals surface area contributed by atoms with Crippen LogP contribution in [0.15, 0.2) is 29.1 Å². The summed E-state index contributed by atoms with van der Waals surface area (Å²) in [6.45, 7) is 8.32. The van der Waals surface area contributed by atoms with Crippen molar-refractivity contribution >= 4 is 10.9 Å². The second kappa shape index (κ2) is 6.87. The van der Waals surface area contributed by atoms with Gasteiger partial charge in [-0.1, -0.05) is 11.6 Å². The van der Waals surface area contributed by atoms with Gasteiger partial charge in [0, 0.05) is 42.4 Å². The zero-order chi connectivity index (χ0) is 15.4. The zero-order valence-corrected chi connectivity index (χ0v) is 13.3. The van der Waals surface area contributed by atoms with Crippen LogP contribution < -0.4 is 5.43 Å². The number of ether oxygens (including phenoxy) is 1. The molecule has 0 saturated heterocycles. The maximum atomic E-state index is 12.2. The Morgan fingerprint density at radius 1 is 1.33 bits per heavy atom. The fourth-order valence-corrected chi connectivity index (χ4v) is 2.63. The lowest BCUT2D eigenvalue weighted by molar-refractivity contribution is 0.0502. The molecule has 0 aliphatic heterocycles. The fourth-order valence-electron chi connectivity index (χ4n) is 2.63. The van der Waals surface area contributed by atoms with Gasteiger partial charge in [0.25, 0.3) is 0 Å². The van der Waals surface area contributed by atoms with Crippen LogP contribution in [0.3, 0.4) is 0 Å². The largest absolute Gasteiger partial charge is 0.377 e. The molecule has 4 nitrogen and oxygen atoms in total. The first-order valence-corrected chi connectivity index (χ1v) is 7.42. The summed E-state index contributed by atoms with van der Waals surface area (Å²) in [7, 11) is 2.03. The predicted octanol–water partition coefficient (Wildman–Crippen LogP) is 2.69.